The van der Waals surface area contributed by atoms with Crippen LogP contribution in [0.5, 0.6) is 0 Å². The molecule has 1 aliphatic rings. The Balaban J connectivity index is 1.78. The molecular formula is C8H13N3OS. The van der Waals surface area contributed by atoms with Gasteiger partial charge < -0.3 is 10.2 Å². The van der Waals surface area contributed by atoms with Gasteiger partial charge in [0.15, 0.2) is 0 Å². The molecule has 4 nitrogen and oxygen atoms in total. The van der Waals surface area contributed by atoms with Gasteiger partial charge in [0.05, 0.1) is 0 Å². The molecule has 1 fully saturated rings. The summed E-state index contributed by atoms with van der Waals surface area (Å²) < 4.78 is 5.22. The van der Waals surface area contributed by atoms with E-state index in [0.717, 1.165) is 11.7 Å². The molecule has 1 heterocycles. The van der Waals surface area contributed by atoms with Crippen LogP contribution in [0, 0.1) is 12.8 Å². The highest BCUT2D eigenvalue weighted by molar-refractivity contribution is 7.99. The van der Waals surface area contributed by atoms with Crippen LogP contribution in [0.15, 0.2) is 9.64 Å². The maximum Gasteiger partial charge on any atom is 0.276 e. The van der Waals surface area contributed by atoms with E-state index in [0.29, 0.717) is 11.1 Å². The zero-order chi connectivity index (χ0) is 9.26. The largest absolute Gasteiger partial charge is 0.416 e. The van der Waals surface area contributed by atoms with Crippen LogP contribution in [0.3, 0.4) is 0 Å². The third-order valence-corrected chi connectivity index (χ3v) is 3.10. The fraction of sp³-hybridized carbons (Fsp3) is 0.750. The minimum absolute atomic E-state index is 0.289. The Morgan fingerprint density at radius 1 is 1.62 bits per heavy atom. The third-order valence-electron chi connectivity index (χ3n) is 2.13. The lowest BCUT2D eigenvalue weighted by atomic mass is 10.2. The van der Waals surface area contributed by atoms with Crippen molar-refractivity contribution < 1.29 is 4.42 Å². The Bertz CT molecular complexity index is 285. The van der Waals surface area contributed by atoms with Gasteiger partial charge in [0.2, 0.25) is 5.89 Å². The number of nitrogens with zero attached hydrogens (tertiary/aromatic N) is 2. The quantitative estimate of drug-likeness (QED) is 0.738. The first kappa shape index (κ1) is 9.02. The fourth-order valence-electron chi connectivity index (χ4n) is 1.16. The van der Waals surface area contributed by atoms with Crippen LogP contribution in [-0.4, -0.2) is 22.0 Å². The van der Waals surface area contributed by atoms with Crippen molar-refractivity contribution in [2.75, 3.05) is 5.75 Å². The van der Waals surface area contributed by atoms with Crippen LogP contribution in [0.4, 0.5) is 0 Å². The van der Waals surface area contributed by atoms with Crippen LogP contribution in [-0.2, 0) is 0 Å². The van der Waals surface area contributed by atoms with Crippen molar-refractivity contribution in [3.05, 3.63) is 5.89 Å². The Labute approximate surface area is 81.3 Å². The molecule has 0 amide bonds. The number of nitrogens with two attached hydrogens (primary N) is 1. The molecule has 0 saturated heterocycles. The van der Waals surface area contributed by atoms with E-state index >= 15 is 0 Å². The van der Waals surface area contributed by atoms with Gasteiger partial charge in [-0.05, 0) is 18.8 Å². The summed E-state index contributed by atoms with van der Waals surface area (Å²) in [5, 5.41) is 8.27. The molecule has 13 heavy (non-hydrogen) atoms. The van der Waals surface area contributed by atoms with Crippen molar-refractivity contribution in [1.82, 2.24) is 10.2 Å². The van der Waals surface area contributed by atoms with Gasteiger partial charge >= 0.3 is 0 Å². The molecule has 1 saturated carbocycles. The molecule has 2 rings (SSSR count). The van der Waals surface area contributed by atoms with Gasteiger partial charge in [0, 0.05) is 18.7 Å². The zero-order valence-corrected chi connectivity index (χ0v) is 8.38. The Morgan fingerprint density at radius 2 is 2.38 bits per heavy atom. The normalized spacial score (nSPS) is 18.9. The first-order valence-corrected chi connectivity index (χ1v) is 5.43. The SMILES string of the molecule is Cc1nnc(SCC(N)C2CC2)o1. The standard InChI is InChI=1S/C8H13N3OS/c1-5-10-11-8(12-5)13-4-7(9)6-2-3-6/h6-7H,2-4,9H2,1H3. The summed E-state index contributed by atoms with van der Waals surface area (Å²) >= 11 is 1.55. The molecule has 5 heteroatoms. The van der Waals surface area contributed by atoms with E-state index in [1.807, 2.05) is 0 Å². The molecule has 1 aliphatic carbocycles. The first-order valence-electron chi connectivity index (χ1n) is 4.44. The Kier molecular flexibility index (Phi) is 2.55. The molecular weight excluding hydrogens is 186 g/mol. The highest BCUT2D eigenvalue weighted by atomic mass is 32.2. The van der Waals surface area contributed by atoms with Gasteiger partial charge in [0.25, 0.3) is 5.22 Å². The van der Waals surface area contributed by atoms with E-state index in [2.05, 4.69) is 10.2 Å². The van der Waals surface area contributed by atoms with Gasteiger partial charge in [-0.15, -0.1) is 10.2 Å². The molecule has 0 radical (unpaired) electrons. The zero-order valence-electron chi connectivity index (χ0n) is 7.56. The van der Waals surface area contributed by atoms with Crippen LogP contribution in [0.1, 0.15) is 18.7 Å². The number of hydrogen-bond acceptors (Lipinski definition) is 5. The second-order valence-corrected chi connectivity index (χ2v) is 4.37. The highest BCUT2D eigenvalue weighted by Crippen LogP contribution is 2.33. The van der Waals surface area contributed by atoms with E-state index in [4.69, 9.17) is 10.2 Å². The van der Waals surface area contributed by atoms with Gasteiger partial charge in [-0.25, -0.2) is 0 Å². The van der Waals surface area contributed by atoms with Crippen LogP contribution < -0.4 is 5.73 Å². The average molecular weight is 199 g/mol. The van der Waals surface area contributed by atoms with E-state index < -0.39 is 0 Å². The maximum atomic E-state index is 5.92. The molecule has 2 N–H and O–H groups in total. The smallest absolute Gasteiger partial charge is 0.276 e. The van der Waals surface area contributed by atoms with Crippen molar-refractivity contribution >= 4 is 11.8 Å². The summed E-state index contributed by atoms with van der Waals surface area (Å²) in [7, 11) is 0. The summed E-state index contributed by atoms with van der Waals surface area (Å²) in [4.78, 5) is 0. The number of hydrogen-bond donors (Lipinski definition) is 1. The van der Waals surface area contributed by atoms with Crippen LogP contribution in [0.25, 0.3) is 0 Å². The first-order chi connectivity index (χ1) is 6.25. The lowest BCUT2D eigenvalue weighted by molar-refractivity contribution is 0.428. The Hall–Kier alpha value is -0.550. The molecule has 1 atom stereocenters. The topological polar surface area (TPSA) is 64.9 Å². The minimum Gasteiger partial charge on any atom is -0.416 e. The van der Waals surface area contributed by atoms with Crippen molar-refractivity contribution in [2.45, 2.75) is 31.0 Å². The number of aromatic nitrogens is 2. The minimum atomic E-state index is 0.289. The summed E-state index contributed by atoms with van der Waals surface area (Å²) in [5.41, 5.74) is 5.92. The lowest BCUT2D eigenvalue weighted by Gasteiger charge is -2.06. The number of rotatable bonds is 4. The second-order valence-electron chi connectivity index (χ2n) is 3.40. The maximum absolute atomic E-state index is 5.92. The summed E-state index contributed by atoms with van der Waals surface area (Å²) in [6, 6.07) is 0.289. The summed E-state index contributed by atoms with van der Waals surface area (Å²) in [6.45, 7) is 1.79. The molecule has 0 aliphatic heterocycles. The van der Waals surface area contributed by atoms with E-state index in [9.17, 15) is 0 Å². The van der Waals surface area contributed by atoms with Gasteiger partial charge in [-0.3, -0.25) is 0 Å². The lowest BCUT2D eigenvalue weighted by Crippen LogP contribution is -2.24. The van der Waals surface area contributed by atoms with Gasteiger partial charge in [-0.2, -0.15) is 0 Å². The molecule has 1 aromatic heterocycles. The van der Waals surface area contributed by atoms with Crippen molar-refractivity contribution in [3.63, 3.8) is 0 Å². The predicted molar refractivity (Wildman–Crippen MR) is 50.5 cm³/mol. The number of aryl methyl sites for hydroxylation is 1. The molecule has 1 aromatic rings. The van der Waals surface area contributed by atoms with Crippen molar-refractivity contribution in [2.24, 2.45) is 11.7 Å². The van der Waals surface area contributed by atoms with Crippen molar-refractivity contribution in [3.8, 4) is 0 Å². The predicted octanol–water partition coefficient (Wildman–Crippen LogP) is 1.21. The summed E-state index contributed by atoms with van der Waals surface area (Å²) in [6.07, 6.45) is 2.56. The van der Waals surface area contributed by atoms with E-state index in [1.54, 1.807) is 18.7 Å². The monoisotopic (exact) mass is 199 g/mol. The van der Waals surface area contributed by atoms with E-state index in [-0.39, 0.29) is 6.04 Å². The fourth-order valence-corrected chi connectivity index (χ4v) is 2.05. The van der Waals surface area contributed by atoms with E-state index in [1.165, 1.54) is 12.8 Å². The Morgan fingerprint density at radius 3 is 2.92 bits per heavy atom. The van der Waals surface area contributed by atoms with Crippen molar-refractivity contribution in [1.29, 1.82) is 0 Å². The highest BCUT2D eigenvalue weighted by Gasteiger charge is 2.28. The molecule has 1 unspecified atom stereocenters. The van der Waals surface area contributed by atoms with Gasteiger partial charge in [0.1, 0.15) is 0 Å². The number of thioether (sulfide) groups is 1. The molecule has 0 spiro atoms. The molecule has 72 valence electrons. The van der Waals surface area contributed by atoms with Crippen LogP contribution in [0.2, 0.25) is 0 Å². The van der Waals surface area contributed by atoms with Gasteiger partial charge in [-0.1, -0.05) is 11.8 Å². The molecule has 0 bridgehead atoms. The second kappa shape index (κ2) is 3.67. The van der Waals surface area contributed by atoms with Crippen LogP contribution >= 0.6 is 11.8 Å². The third kappa shape index (κ3) is 2.45. The molecule has 0 aromatic carbocycles. The summed E-state index contributed by atoms with van der Waals surface area (Å²) in [5.74, 6) is 2.23. The average Bonchev–Trinajstić information content (AvgIpc) is 2.87.